The highest BCUT2D eigenvalue weighted by molar-refractivity contribution is 5.86. The molecule has 2 aliphatic rings. The third kappa shape index (κ3) is 1.90. The first-order chi connectivity index (χ1) is 7.61. The molecule has 1 amide bonds. The van der Waals surface area contributed by atoms with E-state index in [2.05, 4.69) is 0 Å². The van der Waals surface area contributed by atoms with Crippen molar-refractivity contribution >= 4 is 11.9 Å². The molecule has 2 heterocycles. The molecular formula is C10H16N2O4. The Balaban J connectivity index is 2.06. The molecule has 6 nitrogen and oxygen atoms in total. The van der Waals surface area contributed by atoms with E-state index in [1.54, 1.807) is 0 Å². The topological polar surface area (TPSA) is 92.9 Å². The summed E-state index contributed by atoms with van der Waals surface area (Å²) in [6.07, 6.45) is 1.27. The van der Waals surface area contributed by atoms with Crippen LogP contribution in [0.15, 0.2) is 0 Å². The van der Waals surface area contributed by atoms with E-state index in [-0.39, 0.29) is 17.9 Å². The van der Waals surface area contributed by atoms with Gasteiger partial charge in [-0.25, -0.2) is 4.79 Å². The number of aliphatic carboxylic acids is 1. The number of carboxylic acid groups (broad SMARTS) is 1. The number of carbonyl (C=O) groups excluding carboxylic acids is 1. The lowest BCUT2D eigenvalue weighted by Gasteiger charge is -2.25. The van der Waals surface area contributed by atoms with Gasteiger partial charge in [0, 0.05) is 12.6 Å². The summed E-state index contributed by atoms with van der Waals surface area (Å²) < 4.78 is 5.13. The number of likely N-dealkylation sites (tertiary alicyclic amines) is 1. The third-order valence-electron chi connectivity index (χ3n) is 3.26. The van der Waals surface area contributed by atoms with Gasteiger partial charge in [-0.3, -0.25) is 4.79 Å². The molecule has 0 aromatic carbocycles. The molecule has 2 aliphatic heterocycles. The molecule has 0 aliphatic carbocycles. The summed E-state index contributed by atoms with van der Waals surface area (Å²) >= 11 is 0. The number of nitrogens with two attached hydrogens (primary N) is 1. The van der Waals surface area contributed by atoms with Crippen molar-refractivity contribution in [3.63, 3.8) is 0 Å². The minimum Gasteiger partial charge on any atom is -0.480 e. The molecule has 0 saturated carbocycles. The van der Waals surface area contributed by atoms with Crippen LogP contribution in [-0.2, 0) is 14.3 Å². The van der Waals surface area contributed by atoms with Crippen LogP contribution >= 0.6 is 0 Å². The van der Waals surface area contributed by atoms with Crippen molar-refractivity contribution in [1.29, 1.82) is 0 Å². The van der Waals surface area contributed by atoms with E-state index in [0.717, 1.165) is 6.42 Å². The molecule has 3 atom stereocenters. The molecule has 2 saturated heterocycles. The Morgan fingerprint density at radius 3 is 2.69 bits per heavy atom. The molecule has 16 heavy (non-hydrogen) atoms. The van der Waals surface area contributed by atoms with Gasteiger partial charge in [0.2, 0.25) is 5.91 Å². The lowest BCUT2D eigenvalue weighted by Crippen LogP contribution is -2.47. The highest BCUT2D eigenvalue weighted by Crippen LogP contribution is 2.23. The minimum atomic E-state index is -0.932. The molecule has 2 unspecified atom stereocenters. The predicted molar refractivity (Wildman–Crippen MR) is 54.7 cm³/mol. The third-order valence-corrected chi connectivity index (χ3v) is 3.26. The fourth-order valence-corrected chi connectivity index (χ4v) is 2.33. The number of amides is 1. The SMILES string of the molecule is NC1COCC1C(=O)N1CCC[C@@H]1C(=O)O. The quantitative estimate of drug-likeness (QED) is 0.634. The van der Waals surface area contributed by atoms with Crippen molar-refractivity contribution in [2.24, 2.45) is 11.7 Å². The molecule has 0 radical (unpaired) electrons. The standard InChI is InChI=1S/C10H16N2O4/c11-7-5-16-4-6(7)9(13)12-3-1-2-8(12)10(14)15/h6-8H,1-5,11H2,(H,14,15)/t6?,7?,8-/m1/s1. The molecule has 6 heteroatoms. The Morgan fingerprint density at radius 1 is 1.38 bits per heavy atom. The Morgan fingerprint density at radius 2 is 2.12 bits per heavy atom. The van der Waals surface area contributed by atoms with Gasteiger partial charge < -0.3 is 20.5 Å². The van der Waals surface area contributed by atoms with Crippen molar-refractivity contribution in [3.05, 3.63) is 0 Å². The van der Waals surface area contributed by atoms with E-state index in [1.807, 2.05) is 0 Å². The molecule has 0 aromatic heterocycles. The molecule has 0 aromatic rings. The van der Waals surface area contributed by atoms with Gasteiger partial charge in [0.1, 0.15) is 6.04 Å². The normalized spacial score (nSPS) is 34.3. The van der Waals surface area contributed by atoms with Crippen LogP contribution in [0.3, 0.4) is 0 Å². The van der Waals surface area contributed by atoms with Crippen molar-refractivity contribution in [2.45, 2.75) is 24.9 Å². The molecule has 3 N–H and O–H groups in total. The first-order valence-electron chi connectivity index (χ1n) is 5.48. The second-order valence-electron chi connectivity index (χ2n) is 4.34. The van der Waals surface area contributed by atoms with E-state index in [1.165, 1.54) is 4.90 Å². The Hall–Kier alpha value is -1.14. The second-order valence-corrected chi connectivity index (χ2v) is 4.34. The van der Waals surface area contributed by atoms with Gasteiger partial charge in [-0.05, 0) is 12.8 Å². The van der Waals surface area contributed by atoms with Crippen LogP contribution in [0.2, 0.25) is 0 Å². The van der Waals surface area contributed by atoms with Crippen LogP contribution in [0, 0.1) is 5.92 Å². The molecule has 2 fully saturated rings. The Kier molecular flexibility index (Phi) is 3.11. The van der Waals surface area contributed by atoms with Gasteiger partial charge in [0.15, 0.2) is 0 Å². The molecular weight excluding hydrogens is 212 g/mol. The van der Waals surface area contributed by atoms with E-state index in [4.69, 9.17) is 15.6 Å². The van der Waals surface area contributed by atoms with Gasteiger partial charge in [0.25, 0.3) is 0 Å². The maximum absolute atomic E-state index is 12.1. The fraction of sp³-hybridized carbons (Fsp3) is 0.800. The van der Waals surface area contributed by atoms with Gasteiger partial charge in [0.05, 0.1) is 19.1 Å². The predicted octanol–water partition coefficient (Wildman–Crippen LogP) is -0.964. The highest BCUT2D eigenvalue weighted by Gasteiger charge is 2.40. The second kappa shape index (κ2) is 4.39. The smallest absolute Gasteiger partial charge is 0.326 e. The zero-order valence-electron chi connectivity index (χ0n) is 8.96. The molecule has 0 bridgehead atoms. The van der Waals surface area contributed by atoms with Crippen LogP contribution in [0.25, 0.3) is 0 Å². The lowest BCUT2D eigenvalue weighted by molar-refractivity contribution is -0.150. The van der Waals surface area contributed by atoms with Gasteiger partial charge >= 0.3 is 5.97 Å². The monoisotopic (exact) mass is 228 g/mol. The van der Waals surface area contributed by atoms with Crippen molar-refractivity contribution < 1.29 is 19.4 Å². The number of nitrogens with zero attached hydrogens (tertiary/aromatic N) is 1. The summed E-state index contributed by atoms with van der Waals surface area (Å²) in [5.74, 6) is -1.48. The maximum atomic E-state index is 12.1. The zero-order valence-corrected chi connectivity index (χ0v) is 8.96. The molecule has 90 valence electrons. The van der Waals surface area contributed by atoms with E-state index in [9.17, 15) is 9.59 Å². The molecule has 2 rings (SSSR count). The number of hydrogen-bond acceptors (Lipinski definition) is 4. The van der Waals surface area contributed by atoms with Gasteiger partial charge in [-0.1, -0.05) is 0 Å². The first kappa shape index (κ1) is 11.3. The average Bonchev–Trinajstić information content (AvgIpc) is 2.84. The van der Waals surface area contributed by atoms with Crippen LogP contribution in [0.5, 0.6) is 0 Å². The van der Waals surface area contributed by atoms with Crippen LogP contribution in [-0.4, -0.2) is 53.7 Å². The summed E-state index contributed by atoms with van der Waals surface area (Å²) in [5.41, 5.74) is 5.75. The number of ether oxygens (including phenoxy) is 1. The average molecular weight is 228 g/mol. The van der Waals surface area contributed by atoms with E-state index < -0.39 is 12.0 Å². The number of carboxylic acids is 1. The van der Waals surface area contributed by atoms with Crippen molar-refractivity contribution in [1.82, 2.24) is 4.90 Å². The maximum Gasteiger partial charge on any atom is 0.326 e. The van der Waals surface area contributed by atoms with E-state index >= 15 is 0 Å². The Bertz CT molecular complexity index is 307. The minimum absolute atomic E-state index is 0.171. The summed E-state index contributed by atoms with van der Waals surface area (Å²) in [4.78, 5) is 24.5. The van der Waals surface area contributed by atoms with Crippen LogP contribution < -0.4 is 5.73 Å². The van der Waals surface area contributed by atoms with Gasteiger partial charge in [-0.15, -0.1) is 0 Å². The van der Waals surface area contributed by atoms with Crippen molar-refractivity contribution in [3.8, 4) is 0 Å². The number of carbonyl (C=O) groups is 2. The highest BCUT2D eigenvalue weighted by atomic mass is 16.5. The number of rotatable bonds is 2. The summed E-state index contributed by atoms with van der Waals surface area (Å²) in [6.45, 7) is 1.20. The molecule has 0 spiro atoms. The zero-order chi connectivity index (χ0) is 11.7. The number of hydrogen-bond donors (Lipinski definition) is 2. The summed E-state index contributed by atoms with van der Waals surface area (Å²) in [6, 6.07) is -0.983. The van der Waals surface area contributed by atoms with Crippen molar-refractivity contribution in [2.75, 3.05) is 19.8 Å². The summed E-state index contributed by atoms with van der Waals surface area (Å²) in [7, 11) is 0. The van der Waals surface area contributed by atoms with Crippen LogP contribution in [0.1, 0.15) is 12.8 Å². The largest absolute Gasteiger partial charge is 0.480 e. The van der Waals surface area contributed by atoms with Gasteiger partial charge in [-0.2, -0.15) is 0 Å². The summed E-state index contributed by atoms with van der Waals surface area (Å²) in [5, 5.41) is 8.98. The fourth-order valence-electron chi connectivity index (χ4n) is 2.33. The Labute approximate surface area is 93.3 Å². The lowest BCUT2D eigenvalue weighted by atomic mass is 10.0. The van der Waals surface area contributed by atoms with Crippen LogP contribution in [0.4, 0.5) is 0 Å². The first-order valence-corrected chi connectivity index (χ1v) is 5.48. The van der Waals surface area contributed by atoms with E-state index in [0.29, 0.717) is 26.2 Å².